The van der Waals surface area contributed by atoms with Crippen molar-refractivity contribution in [3.63, 3.8) is 0 Å². The van der Waals surface area contributed by atoms with Gasteiger partial charge in [-0.25, -0.2) is 9.97 Å². The van der Waals surface area contributed by atoms with Crippen molar-refractivity contribution in [3.8, 4) is 11.3 Å². The monoisotopic (exact) mass is 339 g/mol. The summed E-state index contributed by atoms with van der Waals surface area (Å²) in [6.45, 7) is 3.35. The van der Waals surface area contributed by atoms with Gasteiger partial charge in [0.15, 0.2) is 0 Å². The molecule has 0 bridgehead atoms. The first-order valence-electron chi connectivity index (χ1n) is 7.92. The van der Waals surface area contributed by atoms with E-state index in [1.807, 2.05) is 29.3 Å². The van der Waals surface area contributed by atoms with Crippen LogP contribution in [0, 0.1) is 6.92 Å². The molecule has 0 unspecified atom stereocenters. The lowest BCUT2D eigenvalue weighted by Crippen LogP contribution is -2.33. The minimum absolute atomic E-state index is 0.119. The summed E-state index contributed by atoms with van der Waals surface area (Å²) >= 11 is 1.51. The molecule has 0 saturated heterocycles. The first kappa shape index (κ1) is 15.1. The molecule has 4 rings (SSSR count). The number of aromatic nitrogens is 2. The zero-order valence-electron chi connectivity index (χ0n) is 13.4. The third-order valence-corrected chi connectivity index (χ3v) is 5.43. The molecule has 3 aromatic heterocycles. The highest BCUT2D eigenvalue weighted by molar-refractivity contribution is 7.12. The molecule has 0 spiro atoms. The van der Waals surface area contributed by atoms with Gasteiger partial charge in [-0.3, -0.25) is 4.79 Å². The van der Waals surface area contributed by atoms with E-state index in [0.29, 0.717) is 13.1 Å². The average Bonchev–Trinajstić information content (AvgIpc) is 3.21. The molecular weight excluding hydrogens is 322 g/mol. The Morgan fingerprint density at radius 2 is 2.12 bits per heavy atom. The van der Waals surface area contributed by atoms with Gasteiger partial charge in [-0.05, 0) is 36.4 Å². The van der Waals surface area contributed by atoms with Gasteiger partial charge >= 0.3 is 0 Å². The highest BCUT2D eigenvalue weighted by Crippen LogP contribution is 2.27. The lowest BCUT2D eigenvalue weighted by atomic mass is 10.0. The normalized spacial score (nSPS) is 14.3. The summed E-state index contributed by atoms with van der Waals surface area (Å²) in [6, 6.07) is 3.90. The van der Waals surface area contributed by atoms with Gasteiger partial charge in [0.25, 0.3) is 5.91 Å². The number of carbonyl (C=O) groups is 1. The highest BCUT2D eigenvalue weighted by atomic mass is 32.1. The fourth-order valence-corrected chi connectivity index (χ4v) is 4.00. The van der Waals surface area contributed by atoms with Crippen LogP contribution in [0.2, 0.25) is 0 Å². The molecule has 1 aliphatic rings. The first-order chi connectivity index (χ1) is 11.7. The van der Waals surface area contributed by atoms with E-state index in [-0.39, 0.29) is 5.91 Å². The van der Waals surface area contributed by atoms with Gasteiger partial charge < -0.3 is 9.32 Å². The molecule has 5 nitrogen and oxygen atoms in total. The van der Waals surface area contributed by atoms with Crippen LogP contribution >= 0.6 is 11.3 Å². The summed E-state index contributed by atoms with van der Waals surface area (Å²) in [6.07, 6.45) is 6.45. The minimum Gasteiger partial charge on any atom is -0.472 e. The van der Waals surface area contributed by atoms with Gasteiger partial charge in [0.1, 0.15) is 6.33 Å². The molecular formula is C18H17N3O2S. The van der Waals surface area contributed by atoms with E-state index in [4.69, 9.17) is 4.42 Å². The van der Waals surface area contributed by atoms with E-state index in [1.165, 1.54) is 11.3 Å². The number of nitrogens with zero attached hydrogens (tertiary/aromatic N) is 3. The molecule has 0 saturated carbocycles. The maximum Gasteiger partial charge on any atom is 0.264 e. The second kappa shape index (κ2) is 6.20. The van der Waals surface area contributed by atoms with Crippen molar-refractivity contribution >= 4 is 17.2 Å². The Morgan fingerprint density at radius 1 is 1.25 bits per heavy atom. The van der Waals surface area contributed by atoms with Crippen LogP contribution in [0.5, 0.6) is 0 Å². The number of hydrogen-bond donors (Lipinski definition) is 0. The maximum atomic E-state index is 12.8. The zero-order valence-corrected chi connectivity index (χ0v) is 14.2. The van der Waals surface area contributed by atoms with E-state index < -0.39 is 0 Å². The average molecular weight is 339 g/mol. The summed E-state index contributed by atoms with van der Waals surface area (Å²) in [5.41, 5.74) is 5.07. The molecule has 0 atom stereocenters. The minimum atomic E-state index is 0.119. The predicted molar refractivity (Wildman–Crippen MR) is 92.1 cm³/mol. The Hall–Kier alpha value is -2.47. The number of thiophene rings is 1. The van der Waals surface area contributed by atoms with Gasteiger partial charge in [-0.2, -0.15) is 0 Å². The van der Waals surface area contributed by atoms with Crippen molar-refractivity contribution in [1.82, 2.24) is 14.9 Å². The molecule has 0 aromatic carbocycles. The molecule has 0 aliphatic carbocycles. The van der Waals surface area contributed by atoms with Gasteiger partial charge in [0.05, 0.1) is 23.1 Å². The summed E-state index contributed by atoms with van der Waals surface area (Å²) < 4.78 is 5.19. The van der Waals surface area contributed by atoms with Crippen LogP contribution in [0.4, 0.5) is 0 Å². The van der Waals surface area contributed by atoms with Gasteiger partial charge in [0.2, 0.25) is 0 Å². The van der Waals surface area contributed by atoms with Gasteiger partial charge in [-0.1, -0.05) is 0 Å². The largest absolute Gasteiger partial charge is 0.472 e. The third kappa shape index (κ3) is 2.63. The lowest BCUT2D eigenvalue weighted by Gasteiger charge is -2.19. The third-order valence-electron chi connectivity index (χ3n) is 4.42. The second-order valence-corrected chi connectivity index (χ2v) is 6.80. The lowest BCUT2D eigenvalue weighted by molar-refractivity contribution is 0.0767. The maximum absolute atomic E-state index is 12.8. The van der Waals surface area contributed by atoms with Crippen molar-refractivity contribution < 1.29 is 9.21 Å². The zero-order chi connectivity index (χ0) is 16.5. The van der Waals surface area contributed by atoms with Gasteiger partial charge in [0, 0.05) is 36.3 Å². The fourth-order valence-electron chi connectivity index (χ4n) is 3.11. The number of furan rings is 1. The van der Waals surface area contributed by atoms with Crippen LogP contribution in [0.1, 0.15) is 26.5 Å². The Kier molecular flexibility index (Phi) is 3.90. The van der Waals surface area contributed by atoms with Crippen molar-refractivity contribution in [3.05, 3.63) is 58.1 Å². The first-order valence-corrected chi connectivity index (χ1v) is 8.80. The van der Waals surface area contributed by atoms with E-state index >= 15 is 0 Å². The van der Waals surface area contributed by atoms with Crippen LogP contribution in [-0.4, -0.2) is 33.9 Å². The van der Waals surface area contributed by atoms with E-state index in [1.54, 1.807) is 18.9 Å². The van der Waals surface area contributed by atoms with Crippen LogP contribution in [0.25, 0.3) is 11.3 Å². The van der Waals surface area contributed by atoms with Crippen LogP contribution in [0.15, 0.2) is 40.8 Å². The van der Waals surface area contributed by atoms with Crippen LogP contribution < -0.4 is 0 Å². The SMILES string of the molecule is Cc1ccsc1C(=O)N1CCc2ncnc(-c3ccoc3)c2CC1. The quantitative estimate of drug-likeness (QED) is 0.718. The summed E-state index contributed by atoms with van der Waals surface area (Å²) in [4.78, 5) is 24.4. The predicted octanol–water partition coefficient (Wildman–Crippen LogP) is 3.35. The Bertz CT molecular complexity index is 870. The van der Waals surface area contributed by atoms with Crippen molar-refractivity contribution in [2.24, 2.45) is 0 Å². The summed E-state index contributed by atoms with van der Waals surface area (Å²) in [5.74, 6) is 0.119. The smallest absolute Gasteiger partial charge is 0.264 e. The van der Waals surface area contributed by atoms with E-state index in [9.17, 15) is 4.79 Å². The molecule has 6 heteroatoms. The molecule has 0 radical (unpaired) electrons. The fraction of sp³-hybridized carbons (Fsp3) is 0.278. The highest BCUT2D eigenvalue weighted by Gasteiger charge is 2.24. The van der Waals surface area contributed by atoms with E-state index in [2.05, 4.69) is 9.97 Å². The molecule has 0 fully saturated rings. The number of amides is 1. The van der Waals surface area contributed by atoms with Crippen molar-refractivity contribution in [2.45, 2.75) is 19.8 Å². The summed E-state index contributed by atoms with van der Waals surface area (Å²) in [5, 5.41) is 1.97. The number of carbonyl (C=O) groups excluding carboxylic acids is 1. The molecule has 24 heavy (non-hydrogen) atoms. The molecule has 4 heterocycles. The van der Waals surface area contributed by atoms with E-state index in [0.717, 1.165) is 45.8 Å². The van der Waals surface area contributed by atoms with Crippen molar-refractivity contribution in [2.75, 3.05) is 13.1 Å². The Morgan fingerprint density at radius 3 is 2.88 bits per heavy atom. The number of aryl methyl sites for hydroxylation is 1. The number of hydrogen-bond acceptors (Lipinski definition) is 5. The topological polar surface area (TPSA) is 59.2 Å². The van der Waals surface area contributed by atoms with Crippen molar-refractivity contribution in [1.29, 1.82) is 0 Å². The molecule has 1 amide bonds. The molecule has 122 valence electrons. The Balaban J connectivity index is 1.62. The Labute approximate surface area is 144 Å². The summed E-state index contributed by atoms with van der Waals surface area (Å²) in [7, 11) is 0. The second-order valence-electron chi connectivity index (χ2n) is 5.88. The van der Waals surface area contributed by atoms with Gasteiger partial charge in [-0.15, -0.1) is 11.3 Å². The molecule has 1 aliphatic heterocycles. The molecule has 0 N–H and O–H groups in total. The number of rotatable bonds is 2. The number of fused-ring (bicyclic) bond motifs is 1. The van der Waals surface area contributed by atoms with Crippen LogP contribution in [-0.2, 0) is 12.8 Å². The standard InChI is InChI=1S/C18H17N3O2S/c1-12-5-9-24-17(12)18(22)21-6-2-14-15(3-7-21)19-11-20-16(14)13-4-8-23-10-13/h4-5,8-11H,2-3,6-7H2,1H3. The van der Waals surface area contributed by atoms with Crippen LogP contribution in [0.3, 0.4) is 0 Å². The molecule has 3 aromatic rings.